The molecule has 1 aliphatic heterocycles. The van der Waals surface area contributed by atoms with Crippen LogP contribution in [0.15, 0.2) is 0 Å². The molecule has 0 aromatic carbocycles. The van der Waals surface area contributed by atoms with E-state index in [9.17, 15) is 9.59 Å². The molecule has 1 aliphatic rings. The maximum absolute atomic E-state index is 10.8. The Bertz CT molecular complexity index is 222. The predicted molar refractivity (Wildman–Crippen MR) is 55.9 cm³/mol. The Morgan fingerprint density at radius 2 is 1.87 bits per heavy atom. The smallest absolute Gasteiger partial charge is 0.231 e. The number of primary amides is 2. The maximum atomic E-state index is 10.8. The van der Waals surface area contributed by atoms with Crippen LogP contribution in [0.4, 0.5) is 0 Å². The Balaban J connectivity index is 2.39. The maximum Gasteiger partial charge on any atom is 0.231 e. The first-order valence-electron chi connectivity index (χ1n) is 5.10. The van der Waals surface area contributed by atoms with Gasteiger partial charge >= 0.3 is 0 Å². The quantitative estimate of drug-likeness (QED) is 0.476. The van der Waals surface area contributed by atoms with E-state index in [1.807, 2.05) is 0 Å². The van der Waals surface area contributed by atoms with Crippen LogP contribution in [0.3, 0.4) is 0 Å². The molecule has 15 heavy (non-hydrogen) atoms. The molecule has 1 rings (SSSR count). The standard InChI is InChI=1S/C9H18N4O2/c10-8(14)5-13(6-9(11)15)4-7-2-1-3-12-7/h7,12H,1-6H2,(H2,10,14)(H2,11,15)/t7-/m1/s1. The zero-order chi connectivity index (χ0) is 11.3. The molecule has 0 aliphatic carbocycles. The van der Waals surface area contributed by atoms with Crippen molar-refractivity contribution in [1.82, 2.24) is 10.2 Å². The summed E-state index contributed by atoms with van der Waals surface area (Å²) in [6.45, 7) is 1.81. The molecule has 1 fully saturated rings. The predicted octanol–water partition coefficient (Wildman–Crippen LogP) is -1.99. The molecule has 5 N–H and O–H groups in total. The number of amides is 2. The van der Waals surface area contributed by atoms with Crippen LogP contribution < -0.4 is 16.8 Å². The molecular weight excluding hydrogens is 196 g/mol. The zero-order valence-electron chi connectivity index (χ0n) is 8.74. The van der Waals surface area contributed by atoms with E-state index in [2.05, 4.69) is 5.32 Å². The molecule has 0 spiro atoms. The summed E-state index contributed by atoms with van der Waals surface area (Å²) in [7, 11) is 0. The van der Waals surface area contributed by atoms with E-state index in [1.165, 1.54) is 0 Å². The minimum Gasteiger partial charge on any atom is -0.369 e. The van der Waals surface area contributed by atoms with Gasteiger partial charge in [-0.05, 0) is 19.4 Å². The fourth-order valence-electron chi connectivity index (χ4n) is 1.85. The van der Waals surface area contributed by atoms with E-state index in [-0.39, 0.29) is 13.1 Å². The monoisotopic (exact) mass is 214 g/mol. The lowest BCUT2D eigenvalue weighted by Crippen LogP contribution is -2.45. The van der Waals surface area contributed by atoms with E-state index in [0.29, 0.717) is 12.6 Å². The second-order valence-corrected chi connectivity index (χ2v) is 3.90. The van der Waals surface area contributed by atoms with Crippen molar-refractivity contribution in [2.45, 2.75) is 18.9 Å². The average Bonchev–Trinajstić information content (AvgIpc) is 2.53. The third kappa shape index (κ3) is 4.75. The molecule has 0 aromatic rings. The Kier molecular flexibility index (Phi) is 4.51. The van der Waals surface area contributed by atoms with Gasteiger partial charge in [-0.25, -0.2) is 0 Å². The lowest BCUT2D eigenvalue weighted by atomic mass is 10.2. The first-order valence-corrected chi connectivity index (χ1v) is 5.10. The highest BCUT2D eigenvalue weighted by molar-refractivity contribution is 5.79. The van der Waals surface area contributed by atoms with Crippen molar-refractivity contribution in [1.29, 1.82) is 0 Å². The Morgan fingerprint density at radius 1 is 1.27 bits per heavy atom. The molecule has 1 heterocycles. The number of nitrogens with zero attached hydrogens (tertiary/aromatic N) is 1. The lowest BCUT2D eigenvalue weighted by Gasteiger charge is -2.22. The topological polar surface area (TPSA) is 101 Å². The van der Waals surface area contributed by atoms with Crippen molar-refractivity contribution in [3.8, 4) is 0 Å². The van der Waals surface area contributed by atoms with Crippen molar-refractivity contribution >= 4 is 11.8 Å². The minimum atomic E-state index is -0.436. The Labute approximate surface area is 89.0 Å². The van der Waals surface area contributed by atoms with Crippen molar-refractivity contribution in [3.05, 3.63) is 0 Å². The molecule has 0 unspecified atom stereocenters. The van der Waals surface area contributed by atoms with Gasteiger partial charge in [0.25, 0.3) is 0 Å². The molecule has 0 radical (unpaired) electrons. The zero-order valence-corrected chi connectivity index (χ0v) is 8.74. The van der Waals surface area contributed by atoms with E-state index < -0.39 is 11.8 Å². The summed E-state index contributed by atoms with van der Waals surface area (Å²) >= 11 is 0. The minimum absolute atomic E-state index is 0.0844. The van der Waals surface area contributed by atoms with Gasteiger partial charge in [-0.1, -0.05) is 0 Å². The van der Waals surface area contributed by atoms with Gasteiger partial charge in [0.05, 0.1) is 13.1 Å². The van der Waals surface area contributed by atoms with Gasteiger partial charge in [-0.3, -0.25) is 14.5 Å². The fraction of sp³-hybridized carbons (Fsp3) is 0.778. The van der Waals surface area contributed by atoms with E-state index >= 15 is 0 Å². The summed E-state index contributed by atoms with van der Waals surface area (Å²) in [4.78, 5) is 23.2. The highest BCUT2D eigenvalue weighted by atomic mass is 16.2. The number of hydrogen-bond donors (Lipinski definition) is 3. The third-order valence-electron chi connectivity index (χ3n) is 2.40. The van der Waals surface area contributed by atoms with Crippen LogP contribution in [0.1, 0.15) is 12.8 Å². The van der Waals surface area contributed by atoms with Gasteiger partial charge in [0.1, 0.15) is 0 Å². The highest BCUT2D eigenvalue weighted by Crippen LogP contribution is 2.06. The van der Waals surface area contributed by atoms with Gasteiger partial charge in [0.2, 0.25) is 11.8 Å². The number of nitrogens with two attached hydrogens (primary N) is 2. The SMILES string of the molecule is NC(=O)CN(CC(N)=O)C[C@H]1CCCN1. The summed E-state index contributed by atoms with van der Waals surface area (Å²) in [6.07, 6.45) is 2.19. The van der Waals surface area contributed by atoms with Crippen LogP contribution in [-0.2, 0) is 9.59 Å². The van der Waals surface area contributed by atoms with Crippen molar-refractivity contribution < 1.29 is 9.59 Å². The number of rotatable bonds is 6. The number of carbonyl (C=O) groups excluding carboxylic acids is 2. The van der Waals surface area contributed by atoms with Crippen molar-refractivity contribution in [2.24, 2.45) is 11.5 Å². The van der Waals surface area contributed by atoms with Gasteiger partial charge in [-0.15, -0.1) is 0 Å². The average molecular weight is 214 g/mol. The van der Waals surface area contributed by atoms with Gasteiger partial charge in [0.15, 0.2) is 0 Å². The Hall–Kier alpha value is -1.14. The fourth-order valence-corrected chi connectivity index (χ4v) is 1.85. The van der Waals surface area contributed by atoms with Crippen molar-refractivity contribution in [2.75, 3.05) is 26.2 Å². The van der Waals surface area contributed by atoms with Crippen LogP contribution in [0, 0.1) is 0 Å². The highest BCUT2D eigenvalue weighted by Gasteiger charge is 2.19. The normalized spacial score (nSPS) is 20.7. The molecule has 0 saturated carbocycles. The van der Waals surface area contributed by atoms with Crippen LogP contribution in [0.25, 0.3) is 0 Å². The van der Waals surface area contributed by atoms with E-state index in [4.69, 9.17) is 11.5 Å². The summed E-state index contributed by atoms with van der Waals surface area (Å²) in [5.74, 6) is -0.872. The number of hydrogen-bond acceptors (Lipinski definition) is 4. The first kappa shape index (κ1) is 11.9. The van der Waals surface area contributed by atoms with E-state index in [0.717, 1.165) is 19.4 Å². The van der Waals surface area contributed by atoms with Crippen LogP contribution >= 0.6 is 0 Å². The number of nitrogens with one attached hydrogen (secondary N) is 1. The molecule has 6 nitrogen and oxygen atoms in total. The van der Waals surface area contributed by atoms with Crippen LogP contribution in [-0.4, -0.2) is 48.9 Å². The molecule has 0 bridgehead atoms. The number of carbonyl (C=O) groups is 2. The molecule has 1 saturated heterocycles. The molecule has 1 atom stereocenters. The van der Waals surface area contributed by atoms with Gasteiger partial charge in [-0.2, -0.15) is 0 Å². The second-order valence-electron chi connectivity index (χ2n) is 3.90. The molecule has 6 heteroatoms. The molecule has 2 amide bonds. The summed E-state index contributed by atoms with van der Waals surface area (Å²) in [5, 5.41) is 3.29. The lowest BCUT2D eigenvalue weighted by molar-refractivity contribution is -0.122. The molecule has 0 aromatic heterocycles. The first-order chi connectivity index (χ1) is 7.08. The van der Waals surface area contributed by atoms with Gasteiger partial charge in [0, 0.05) is 12.6 Å². The third-order valence-corrected chi connectivity index (χ3v) is 2.40. The van der Waals surface area contributed by atoms with Crippen LogP contribution in [0.5, 0.6) is 0 Å². The summed E-state index contributed by atoms with van der Waals surface area (Å²) < 4.78 is 0. The largest absolute Gasteiger partial charge is 0.369 e. The molecular formula is C9H18N4O2. The van der Waals surface area contributed by atoms with E-state index in [1.54, 1.807) is 4.90 Å². The van der Waals surface area contributed by atoms with Gasteiger partial charge < -0.3 is 16.8 Å². The van der Waals surface area contributed by atoms with Crippen LogP contribution in [0.2, 0.25) is 0 Å². The summed E-state index contributed by atoms with van der Waals surface area (Å²) in [5.41, 5.74) is 10.2. The second kappa shape index (κ2) is 5.67. The molecule has 86 valence electrons. The Morgan fingerprint density at radius 3 is 2.27 bits per heavy atom. The van der Waals surface area contributed by atoms with Crippen molar-refractivity contribution in [3.63, 3.8) is 0 Å². The summed E-state index contributed by atoms with van der Waals surface area (Å²) in [6, 6.07) is 0.337.